The number of nitrogens with one attached hydrogen (secondary N) is 1. The number of alkyl halides is 2. The van der Waals surface area contributed by atoms with Crippen LogP contribution >= 0.6 is 0 Å². The highest BCUT2D eigenvalue weighted by atomic mass is 19.3. The van der Waals surface area contributed by atoms with Gasteiger partial charge in [-0.15, -0.1) is 0 Å². The van der Waals surface area contributed by atoms with E-state index in [0.29, 0.717) is 22.6 Å². The van der Waals surface area contributed by atoms with Gasteiger partial charge in [0, 0.05) is 107 Å². The number of halogens is 2. The molecule has 6 heterocycles. The summed E-state index contributed by atoms with van der Waals surface area (Å²) >= 11 is 0. The number of fused-ring (bicyclic) bond motifs is 1. The van der Waals surface area contributed by atoms with E-state index in [4.69, 9.17) is 5.26 Å². The molecule has 0 radical (unpaired) electrons. The number of nitrogens with zero attached hydrogens (tertiary/aromatic N) is 7. The van der Waals surface area contributed by atoms with Crippen molar-refractivity contribution in [2.45, 2.75) is 57.4 Å². The molecule has 1 spiro atoms. The van der Waals surface area contributed by atoms with Crippen molar-refractivity contribution in [3.05, 3.63) is 88.5 Å². The van der Waals surface area contributed by atoms with Crippen LogP contribution in [-0.2, 0) is 9.59 Å². The molecule has 13 nitrogen and oxygen atoms in total. The summed E-state index contributed by atoms with van der Waals surface area (Å²) in [6.45, 7) is 11.2. The Kier molecular flexibility index (Phi) is 12.7. The van der Waals surface area contributed by atoms with Gasteiger partial charge in [0.2, 0.25) is 11.8 Å². The number of amides is 4. The van der Waals surface area contributed by atoms with E-state index >= 15 is 0 Å². The van der Waals surface area contributed by atoms with E-state index in [0.717, 1.165) is 132 Å². The standard InChI is InChI=1S/C24H31N5O4.C23H23F2N3O/c1-26-10-12-27(13-11-26)15-16-6-8-28(9-7-16)17-2-3-18-19(14-17)24(33)29(23(18)32)20-4-5-21(30)25-22(20)31;24-22(25)21-13-20(6-3-18(21)14-26)28-12-9-23(16-28)7-10-27(11-8-23)19-4-1-17(15-29)2-5-19/h2-3,14,16,20H,4-13,15H2,1H3,(H,25,30,31);1-6,13,15,22H,7-12,16H2. The molecule has 6 aliphatic heterocycles. The van der Waals surface area contributed by atoms with Gasteiger partial charge in [-0.25, -0.2) is 8.78 Å². The van der Waals surface area contributed by atoms with Crippen molar-refractivity contribution in [2.75, 3.05) is 93.7 Å². The maximum absolute atomic E-state index is 13.3. The van der Waals surface area contributed by atoms with E-state index in [9.17, 15) is 32.8 Å². The molecular weight excluding hydrogens is 795 g/mol. The summed E-state index contributed by atoms with van der Waals surface area (Å²) in [7, 11) is 2.18. The summed E-state index contributed by atoms with van der Waals surface area (Å²) in [4.78, 5) is 73.3. The molecule has 1 N–H and O–H groups in total. The molecule has 6 aliphatic rings. The minimum absolute atomic E-state index is 0.0477. The van der Waals surface area contributed by atoms with E-state index in [-0.39, 0.29) is 35.3 Å². The van der Waals surface area contributed by atoms with Crippen molar-refractivity contribution in [3.8, 4) is 6.07 Å². The number of carbonyl (C=O) groups excluding carboxylic acids is 5. The molecule has 9 rings (SSSR count). The SMILES string of the molecule is CN1CCN(CC2CCN(c3ccc4c(c3)C(=O)N(C3CCC(=O)NC3=O)C4=O)CC2)CC1.N#Cc1ccc(N2CCC3(CCN(c4ccc(C=O)cc4)CC3)C2)cc1C(F)F. The zero-order valence-corrected chi connectivity index (χ0v) is 35.2. The maximum Gasteiger partial charge on any atom is 0.265 e. The Morgan fingerprint density at radius 1 is 0.758 bits per heavy atom. The number of likely N-dealkylation sites (N-methyl/N-ethyl adjacent to an activating group) is 1. The van der Waals surface area contributed by atoms with Gasteiger partial charge in [0.05, 0.1) is 22.8 Å². The molecule has 5 fully saturated rings. The van der Waals surface area contributed by atoms with Crippen LogP contribution in [0.1, 0.15) is 93.6 Å². The highest BCUT2D eigenvalue weighted by molar-refractivity contribution is 6.23. The minimum atomic E-state index is -2.64. The average Bonchev–Trinajstić information content (AvgIpc) is 3.81. The molecule has 326 valence electrons. The first kappa shape index (κ1) is 42.9. The third-order valence-corrected chi connectivity index (χ3v) is 13.9. The van der Waals surface area contributed by atoms with Gasteiger partial charge in [0.15, 0.2) is 0 Å². The van der Waals surface area contributed by atoms with E-state index in [1.165, 1.54) is 12.1 Å². The minimum Gasteiger partial charge on any atom is -0.371 e. The summed E-state index contributed by atoms with van der Waals surface area (Å²) in [5.41, 5.74) is 4.29. The van der Waals surface area contributed by atoms with E-state index in [2.05, 4.69) is 36.9 Å². The molecule has 5 saturated heterocycles. The van der Waals surface area contributed by atoms with Crippen molar-refractivity contribution >= 4 is 47.0 Å². The third-order valence-electron chi connectivity index (χ3n) is 13.9. The zero-order chi connectivity index (χ0) is 43.5. The number of aldehydes is 1. The molecule has 3 aromatic carbocycles. The Bertz CT molecular complexity index is 2220. The second-order valence-corrected chi connectivity index (χ2v) is 17.8. The summed E-state index contributed by atoms with van der Waals surface area (Å²) in [6, 6.07) is 18.8. The molecule has 1 atom stereocenters. The maximum atomic E-state index is 13.3. The Morgan fingerprint density at radius 3 is 2.02 bits per heavy atom. The fraction of sp³-hybridized carbons (Fsp3) is 0.489. The summed E-state index contributed by atoms with van der Waals surface area (Å²) < 4.78 is 26.6. The number of hydrogen-bond acceptors (Lipinski definition) is 11. The summed E-state index contributed by atoms with van der Waals surface area (Å²) in [5, 5.41) is 11.3. The summed E-state index contributed by atoms with van der Waals surface area (Å²) in [5.74, 6) is -1.17. The fourth-order valence-corrected chi connectivity index (χ4v) is 10.0. The van der Waals surface area contributed by atoms with E-state index in [1.807, 2.05) is 36.4 Å². The van der Waals surface area contributed by atoms with Crippen LogP contribution in [0.4, 0.5) is 25.8 Å². The summed E-state index contributed by atoms with van der Waals surface area (Å²) in [6.07, 6.45) is 3.88. The van der Waals surface area contributed by atoms with E-state index in [1.54, 1.807) is 18.2 Å². The lowest BCUT2D eigenvalue weighted by Crippen LogP contribution is -2.54. The van der Waals surface area contributed by atoms with Gasteiger partial charge in [-0.2, -0.15) is 5.26 Å². The first-order valence-corrected chi connectivity index (χ1v) is 21.8. The molecule has 62 heavy (non-hydrogen) atoms. The van der Waals surface area contributed by atoms with Crippen molar-refractivity contribution in [1.29, 1.82) is 5.26 Å². The van der Waals surface area contributed by atoms with Gasteiger partial charge in [-0.1, -0.05) is 0 Å². The van der Waals surface area contributed by atoms with Crippen LogP contribution in [0.5, 0.6) is 0 Å². The Balaban J connectivity index is 0.000000172. The number of piperidine rings is 3. The van der Waals surface area contributed by atoms with Crippen molar-refractivity contribution < 1.29 is 32.8 Å². The molecule has 3 aromatic rings. The van der Waals surface area contributed by atoms with Gasteiger partial charge in [0.25, 0.3) is 18.2 Å². The van der Waals surface area contributed by atoms with Gasteiger partial charge in [0.1, 0.15) is 12.3 Å². The number of carbonyl (C=O) groups is 5. The molecule has 0 aromatic heterocycles. The number of hydrogen-bond donors (Lipinski definition) is 1. The number of anilines is 3. The predicted molar refractivity (Wildman–Crippen MR) is 231 cm³/mol. The predicted octanol–water partition coefficient (Wildman–Crippen LogP) is 5.36. The number of rotatable bonds is 8. The zero-order valence-electron chi connectivity index (χ0n) is 35.2. The molecule has 0 bridgehead atoms. The number of piperazine rings is 1. The van der Waals surface area contributed by atoms with Crippen LogP contribution in [-0.4, -0.2) is 130 Å². The molecule has 4 amide bonds. The quantitative estimate of drug-likeness (QED) is 0.232. The number of imide groups is 2. The van der Waals surface area contributed by atoms with Crippen LogP contribution in [0.2, 0.25) is 0 Å². The molecule has 15 heteroatoms. The topological polar surface area (TPSA) is 141 Å². The third kappa shape index (κ3) is 9.08. The highest BCUT2D eigenvalue weighted by Crippen LogP contribution is 2.43. The van der Waals surface area contributed by atoms with Crippen LogP contribution in [0.25, 0.3) is 0 Å². The molecule has 0 saturated carbocycles. The average molecular weight is 849 g/mol. The smallest absolute Gasteiger partial charge is 0.265 e. The Hall–Kier alpha value is -5.72. The van der Waals surface area contributed by atoms with Crippen LogP contribution in [0.15, 0.2) is 60.7 Å². The lowest BCUT2D eigenvalue weighted by Gasteiger charge is -2.40. The number of nitriles is 1. The second-order valence-electron chi connectivity index (χ2n) is 17.8. The lowest BCUT2D eigenvalue weighted by molar-refractivity contribution is -0.136. The van der Waals surface area contributed by atoms with Crippen LogP contribution in [0.3, 0.4) is 0 Å². The normalized spacial score (nSPS) is 22.1. The first-order valence-electron chi connectivity index (χ1n) is 21.8. The second kappa shape index (κ2) is 18.3. The Morgan fingerprint density at radius 2 is 1.37 bits per heavy atom. The first-order chi connectivity index (χ1) is 29.9. The van der Waals surface area contributed by atoms with Gasteiger partial charge in [-0.3, -0.25) is 34.2 Å². The van der Waals surface area contributed by atoms with Crippen molar-refractivity contribution in [3.63, 3.8) is 0 Å². The lowest BCUT2D eigenvalue weighted by atomic mass is 9.77. The van der Waals surface area contributed by atoms with Gasteiger partial charge >= 0.3 is 0 Å². The number of benzene rings is 3. The van der Waals surface area contributed by atoms with Crippen molar-refractivity contribution in [1.82, 2.24) is 20.0 Å². The van der Waals surface area contributed by atoms with Gasteiger partial charge < -0.3 is 24.5 Å². The fourth-order valence-electron chi connectivity index (χ4n) is 10.0. The van der Waals surface area contributed by atoms with E-state index < -0.39 is 30.2 Å². The van der Waals surface area contributed by atoms with Crippen molar-refractivity contribution in [2.24, 2.45) is 11.3 Å². The molecule has 1 unspecified atom stereocenters. The Labute approximate surface area is 361 Å². The molecular formula is C47H54F2N8O5. The largest absolute Gasteiger partial charge is 0.371 e. The molecule has 0 aliphatic carbocycles. The van der Waals surface area contributed by atoms with Crippen LogP contribution < -0.4 is 20.0 Å². The monoisotopic (exact) mass is 848 g/mol. The highest BCUT2D eigenvalue weighted by Gasteiger charge is 2.45. The van der Waals surface area contributed by atoms with Crippen LogP contribution in [0, 0.1) is 22.7 Å². The van der Waals surface area contributed by atoms with Gasteiger partial charge in [-0.05, 0) is 118 Å².